The maximum Gasteiger partial charge on any atom is 0.253 e. The van der Waals surface area contributed by atoms with E-state index in [1.54, 1.807) is 14.0 Å². The van der Waals surface area contributed by atoms with Crippen LogP contribution in [0.25, 0.3) is 0 Å². The molecule has 0 unspecified atom stereocenters. The van der Waals surface area contributed by atoms with Gasteiger partial charge in [-0.1, -0.05) is 0 Å². The van der Waals surface area contributed by atoms with Gasteiger partial charge >= 0.3 is 0 Å². The Balaban J connectivity index is 2.08. The molecule has 0 saturated carbocycles. The normalized spacial score (nSPS) is 10.4. The third kappa shape index (κ3) is 2.78. The molecule has 0 bridgehead atoms. The monoisotopic (exact) mass is 249 g/mol. The molecule has 18 heavy (non-hydrogen) atoms. The van der Waals surface area contributed by atoms with Gasteiger partial charge in [0, 0.05) is 19.0 Å². The van der Waals surface area contributed by atoms with Gasteiger partial charge in [-0.05, 0) is 18.2 Å². The van der Waals surface area contributed by atoms with Crippen molar-refractivity contribution in [3.05, 3.63) is 35.5 Å². The Hall–Kier alpha value is -2.08. The van der Waals surface area contributed by atoms with E-state index in [0.29, 0.717) is 24.1 Å². The first kappa shape index (κ1) is 12.4. The van der Waals surface area contributed by atoms with Crippen molar-refractivity contribution in [3.8, 4) is 11.5 Å². The number of hydrogen-bond acceptors (Lipinski definition) is 6. The van der Waals surface area contributed by atoms with E-state index in [9.17, 15) is 0 Å². The maximum absolute atomic E-state index is 5.66. The Kier molecular flexibility index (Phi) is 3.78. The molecule has 0 aliphatic heterocycles. The third-order valence-electron chi connectivity index (χ3n) is 2.41. The fourth-order valence-electron chi connectivity index (χ4n) is 1.52. The second-order valence-electron chi connectivity index (χ2n) is 3.68. The average Bonchev–Trinajstić information content (AvgIpc) is 2.82. The van der Waals surface area contributed by atoms with Crippen molar-refractivity contribution < 1.29 is 13.9 Å². The molecule has 0 atom stereocenters. The molecule has 0 aliphatic carbocycles. The van der Waals surface area contributed by atoms with Crippen molar-refractivity contribution in [2.45, 2.75) is 20.1 Å². The Morgan fingerprint density at radius 2 is 2.17 bits per heavy atom. The summed E-state index contributed by atoms with van der Waals surface area (Å²) in [5.74, 6) is 2.39. The van der Waals surface area contributed by atoms with Crippen molar-refractivity contribution in [1.82, 2.24) is 10.2 Å². The second kappa shape index (κ2) is 5.50. The molecule has 6 nitrogen and oxygen atoms in total. The summed E-state index contributed by atoms with van der Waals surface area (Å²) in [4.78, 5) is 0. The van der Waals surface area contributed by atoms with Gasteiger partial charge in [-0.2, -0.15) is 0 Å². The lowest BCUT2D eigenvalue weighted by Crippen LogP contribution is -2.03. The summed E-state index contributed by atoms with van der Waals surface area (Å²) in [6.07, 6.45) is 0. The van der Waals surface area contributed by atoms with Crippen LogP contribution in [0.5, 0.6) is 11.5 Å². The minimum Gasteiger partial charge on any atom is -0.497 e. The van der Waals surface area contributed by atoms with Crippen LogP contribution >= 0.6 is 0 Å². The number of aryl methyl sites for hydroxylation is 1. The molecule has 0 amide bonds. The zero-order chi connectivity index (χ0) is 13.0. The van der Waals surface area contributed by atoms with Gasteiger partial charge < -0.3 is 19.6 Å². The molecule has 1 heterocycles. The lowest BCUT2D eigenvalue weighted by Gasteiger charge is -2.10. The van der Waals surface area contributed by atoms with E-state index >= 15 is 0 Å². The number of benzene rings is 1. The first-order valence-corrected chi connectivity index (χ1v) is 5.51. The molecule has 6 heteroatoms. The number of ether oxygens (including phenoxy) is 2. The molecule has 0 radical (unpaired) electrons. The summed E-state index contributed by atoms with van der Waals surface area (Å²) in [6, 6.07) is 5.46. The van der Waals surface area contributed by atoms with Crippen LogP contribution in [0, 0.1) is 6.92 Å². The SMILES string of the molecule is COc1ccc(OCc2nnc(C)o2)c(CN)c1. The minimum absolute atomic E-state index is 0.222. The van der Waals surface area contributed by atoms with E-state index in [1.165, 1.54) is 0 Å². The first-order valence-electron chi connectivity index (χ1n) is 5.51. The number of nitrogens with zero attached hydrogens (tertiary/aromatic N) is 2. The summed E-state index contributed by atoms with van der Waals surface area (Å²) in [5.41, 5.74) is 6.53. The quantitative estimate of drug-likeness (QED) is 0.862. The van der Waals surface area contributed by atoms with Crippen molar-refractivity contribution >= 4 is 0 Å². The van der Waals surface area contributed by atoms with E-state index in [-0.39, 0.29) is 6.61 Å². The largest absolute Gasteiger partial charge is 0.497 e. The maximum atomic E-state index is 5.66. The molecule has 0 fully saturated rings. The molecule has 96 valence electrons. The zero-order valence-corrected chi connectivity index (χ0v) is 10.3. The summed E-state index contributed by atoms with van der Waals surface area (Å²) in [5, 5.41) is 7.58. The van der Waals surface area contributed by atoms with E-state index in [1.807, 2.05) is 18.2 Å². The van der Waals surface area contributed by atoms with Gasteiger partial charge in [0.1, 0.15) is 11.5 Å². The summed E-state index contributed by atoms with van der Waals surface area (Å²) in [6.45, 7) is 2.32. The van der Waals surface area contributed by atoms with E-state index in [0.717, 1.165) is 11.3 Å². The number of rotatable bonds is 5. The van der Waals surface area contributed by atoms with E-state index < -0.39 is 0 Å². The topological polar surface area (TPSA) is 83.4 Å². The molecule has 0 saturated heterocycles. The molecule has 2 N–H and O–H groups in total. The predicted octanol–water partition coefficient (Wildman–Crippen LogP) is 1.42. The molecule has 0 aliphatic rings. The summed E-state index contributed by atoms with van der Waals surface area (Å²) >= 11 is 0. The van der Waals surface area contributed by atoms with Crippen LogP contribution in [0.4, 0.5) is 0 Å². The standard InChI is InChI=1S/C12H15N3O3/c1-8-14-15-12(18-8)7-17-11-4-3-10(16-2)5-9(11)6-13/h3-5H,6-7,13H2,1-2H3. The Morgan fingerprint density at radius 1 is 1.33 bits per heavy atom. The fraction of sp³-hybridized carbons (Fsp3) is 0.333. The van der Waals surface area contributed by atoms with Crippen LogP contribution in [-0.4, -0.2) is 17.3 Å². The van der Waals surface area contributed by atoms with E-state index in [4.69, 9.17) is 19.6 Å². The zero-order valence-electron chi connectivity index (χ0n) is 10.3. The van der Waals surface area contributed by atoms with Crippen LogP contribution in [0.3, 0.4) is 0 Å². The van der Waals surface area contributed by atoms with Gasteiger partial charge in [-0.15, -0.1) is 10.2 Å². The number of hydrogen-bond donors (Lipinski definition) is 1. The fourth-order valence-corrected chi connectivity index (χ4v) is 1.52. The molecule has 2 rings (SSSR count). The van der Waals surface area contributed by atoms with Gasteiger partial charge in [-0.25, -0.2) is 0 Å². The summed E-state index contributed by atoms with van der Waals surface area (Å²) < 4.78 is 15.9. The highest BCUT2D eigenvalue weighted by atomic mass is 16.5. The van der Waals surface area contributed by atoms with Gasteiger partial charge in [0.05, 0.1) is 7.11 Å². The predicted molar refractivity (Wildman–Crippen MR) is 64.3 cm³/mol. The van der Waals surface area contributed by atoms with E-state index in [2.05, 4.69) is 10.2 Å². The number of nitrogens with two attached hydrogens (primary N) is 1. The molecule has 1 aromatic carbocycles. The second-order valence-corrected chi connectivity index (χ2v) is 3.68. The highest BCUT2D eigenvalue weighted by Gasteiger charge is 2.07. The van der Waals surface area contributed by atoms with Gasteiger partial charge in [0.2, 0.25) is 5.89 Å². The lowest BCUT2D eigenvalue weighted by atomic mass is 10.2. The van der Waals surface area contributed by atoms with Gasteiger partial charge in [0.25, 0.3) is 5.89 Å². The number of aromatic nitrogens is 2. The smallest absolute Gasteiger partial charge is 0.253 e. The van der Waals surface area contributed by atoms with Crippen molar-refractivity contribution in [2.75, 3.05) is 7.11 Å². The molecular formula is C12H15N3O3. The average molecular weight is 249 g/mol. The van der Waals surface area contributed by atoms with Crippen molar-refractivity contribution in [2.24, 2.45) is 5.73 Å². The molecule has 2 aromatic rings. The van der Waals surface area contributed by atoms with Crippen LogP contribution in [0.2, 0.25) is 0 Å². The lowest BCUT2D eigenvalue weighted by molar-refractivity contribution is 0.258. The Bertz CT molecular complexity index is 525. The molecule has 0 spiro atoms. The van der Waals surface area contributed by atoms with Gasteiger partial charge in [-0.3, -0.25) is 0 Å². The van der Waals surface area contributed by atoms with Crippen LogP contribution < -0.4 is 15.2 Å². The highest BCUT2D eigenvalue weighted by Crippen LogP contribution is 2.24. The molecular weight excluding hydrogens is 234 g/mol. The Morgan fingerprint density at radius 3 is 2.78 bits per heavy atom. The minimum atomic E-state index is 0.222. The third-order valence-corrected chi connectivity index (χ3v) is 2.41. The first-order chi connectivity index (χ1) is 8.72. The van der Waals surface area contributed by atoms with Crippen LogP contribution in [-0.2, 0) is 13.2 Å². The van der Waals surface area contributed by atoms with Crippen molar-refractivity contribution in [3.63, 3.8) is 0 Å². The number of methoxy groups -OCH3 is 1. The summed E-state index contributed by atoms with van der Waals surface area (Å²) in [7, 11) is 1.61. The van der Waals surface area contributed by atoms with Gasteiger partial charge in [0.15, 0.2) is 6.61 Å². The van der Waals surface area contributed by atoms with Crippen LogP contribution in [0.1, 0.15) is 17.3 Å². The molecule has 1 aromatic heterocycles. The Labute approximate surface area is 105 Å². The van der Waals surface area contributed by atoms with Crippen molar-refractivity contribution in [1.29, 1.82) is 0 Å². The van der Waals surface area contributed by atoms with Crippen LogP contribution in [0.15, 0.2) is 22.6 Å². The highest BCUT2D eigenvalue weighted by molar-refractivity contribution is 5.40.